The maximum Gasteiger partial charge on any atom is 0.119 e. The van der Waals surface area contributed by atoms with E-state index in [1.165, 1.54) is 44.1 Å². The van der Waals surface area contributed by atoms with Crippen LogP contribution < -0.4 is 10.1 Å². The Bertz CT molecular complexity index is 338. The summed E-state index contributed by atoms with van der Waals surface area (Å²) in [6.45, 7) is 5.58. The lowest BCUT2D eigenvalue weighted by molar-refractivity contribution is 0.413. The Hall–Kier alpha value is -1.02. The zero-order valence-corrected chi connectivity index (χ0v) is 12.7. The molecule has 0 aliphatic heterocycles. The van der Waals surface area contributed by atoms with Crippen molar-refractivity contribution in [3.8, 4) is 5.75 Å². The Kier molecular flexibility index (Phi) is 8.31. The molecule has 1 N–H and O–H groups in total. The van der Waals surface area contributed by atoms with Gasteiger partial charge in [0.15, 0.2) is 0 Å². The Morgan fingerprint density at radius 2 is 1.84 bits per heavy atom. The van der Waals surface area contributed by atoms with Gasteiger partial charge >= 0.3 is 0 Å². The number of hydrogen-bond donors (Lipinski definition) is 1. The van der Waals surface area contributed by atoms with Gasteiger partial charge in [-0.05, 0) is 37.6 Å². The molecule has 0 saturated heterocycles. The highest BCUT2D eigenvalue weighted by Gasteiger charge is 2.05. The van der Waals surface area contributed by atoms with Crippen molar-refractivity contribution in [2.45, 2.75) is 58.4 Å². The molecule has 0 heterocycles. The van der Waals surface area contributed by atoms with Crippen LogP contribution in [-0.4, -0.2) is 13.7 Å². The number of methoxy groups -OCH3 is 1. The first kappa shape index (κ1) is 16.0. The first-order chi connectivity index (χ1) is 9.27. The summed E-state index contributed by atoms with van der Waals surface area (Å²) in [6.07, 6.45) is 8.10. The topological polar surface area (TPSA) is 21.3 Å². The minimum absolute atomic E-state index is 0.394. The second-order valence-corrected chi connectivity index (χ2v) is 5.22. The van der Waals surface area contributed by atoms with Gasteiger partial charge in [-0.2, -0.15) is 0 Å². The van der Waals surface area contributed by atoms with E-state index < -0.39 is 0 Å². The van der Waals surface area contributed by atoms with Gasteiger partial charge in [-0.15, -0.1) is 0 Å². The molecule has 0 radical (unpaired) electrons. The van der Waals surface area contributed by atoms with Crippen LogP contribution in [0.25, 0.3) is 0 Å². The van der Waals surface area contributed by atoms with Crippen LogP contribution >= 0.6 is 0 Å². The molecule has 1 atom stereocenters. The highest BCUT2D eigenvalue weighted by atomic mass is 16.5. The lowest BCUT2D eigenvalue weighted by Gasteiger charge is -2.15. The van der Waals surface area contributed by atoms with E-state index in [-0.39, 0.29) is 0 Å². The zero-order valence-electron chi connectivity index (χ0n) is 12.7. The molecule has 0 fully saturated rings. The largest absolute Gasteiger partial charge is 0.497 e. The van der Waals surface area contributed by atoms with E-state index in [2.05, 4.69) is 37.4 Å². The number of ether oxygens (including phenoxy) is 1. The Morgan fingerprint density at radius 1 is 1.11 bits per heavy atom. The van der Waals surface area contributed by atoms with Gasteiger partial charge in [0.05, 0.1) is 7.11 Å². The van der Waals surface area contributed by atoms with Gasteiger partial charge in [0.1, 0.15) is 5.75 Å². The first-order valence-corrected chi connectivity index (χ1v) is 7.65. The molecule has 1 aromatic carbocycles. The van der Waals surface area contributed by atoms with Gasteiger partial charge in [0.25, 0.3) is 0 Å². The highest BCUT2D eigenvalue weighted by molar-refractivity contribution is 5.30. The second kappa shape index (κ2) is 9.85. The van der Waals surface area contributed by atoms with Crippen molar-refractivity contribution in [1.29, 1.82) is 0 Å². The molecule has 1 rings (SSSR count). The van der Waals surface area contributed by atoms with Crippen molar-refractivity contribution in [3.63, 3.8) is 0 Å². The monoisotopic (exact) mass is 263 g/mol. The van der Waals surface area contributed by atoms with E-state index in [0.29, 0.717) is 6.04 Å². The molecule has 2 heteroatoms. The SMILES string of the molecule is CCCCCCCCN[C@H](C)c1cccc(OC)c1. The van der Waals surface area contributed by atoms with Gasteiger partial charge in [-0.1, -0.05) is 51.2 Å². The maximum atomic E-state index is 5.26. The van der Waals surface area contributed by atoms with Crippen LogP contribution in [0.4, 0.5) is 0 Å². The average molecular weight is 263 g/mol. The summed E-state index contributed by atoms with van der Waals surface area (Å²) in [4.78, 5) is 0. The van der Waals surface area contributed by atoms with E-state index in [1.54, 1.807) is 7.11 Å². The number of nitrogens with one attached hydrogen (secondary N) is 1. The van der Waals surface area contributed by atoms with Crippen LogP contribution in [0.5, 0.6) is 5.75 Å². The van der Waals surface area contributed by atoms with E-state index in [1.807, 2.05) is 6.07 Å². The fourth-order valence-corrected chi connectivity index (χ4v) is 2.25. The molecule has 0 aliphatic rings. The van der Waals surface area contributed by atoms with Crippen molar-refractivity contribution in [2.75, 3.05) is 13.7 Å². The molecule has 0 unspecified atom stereocenters. The molecule has 0 amide bonds. The Labute approximate surface area is 118 Å². The van der Waals surface area contributed by atoms with E-state index >= 15 is 0 Å². The van der Waals surface area contributed by atoms with Crippen LogP contribution in [0, 0.1) is 0 Å². The molecule has 2 nitrogen and oxygen atoms in total. The third-order valence-corrected chi connectivity index (χ3v) is 3.57. The third-order valence-electron chi connectivity index (χ3n) is 3.57. The Morgan fingerprint density at radius 3 is 2.58 bits per heavy atom. The van der Waals surface area contributed by atoms with Crippen LogP contribution in [0.1, 0.15) is 64.0 Å². The summed E-state index contributed by atoms with van der Waals surface area (Å²) in [6, 6.07) is 8.70. The fourth-order valence-electron chi connectivity index (χ4n) is 2.25. The number of unbranched alkanes of at least 4 members (excludes halogenated alkanes) is 5. The van der Waals surface area contributed by atoms with Crippen LogP contribution in [0.2, 0.25) is 0 Å². The van der Waals surface area contributed by atoms with E-state index in [0.717, 1.165) is 12.3 Å². The summed E-state index contributed by atoms with van der Waals surface area (Å²) in [5.41, 5.74) is 1.30. The normalized spacial score (nSPS) is 12.4. The van der Waals surface area contributed by atoms with Gasteiger partial charge < -0.3 is 10.1 Å². The van der Waals surface area contributed by atoms with Crippen molar-refractivity contribution < 1.29 is 4.74 Å². The number of benzene rings is 1. The Balaban J connectivity index is 2.18. The number of hydrogen-bond acceptors (Lipinski definition) is 2. The summed E-state index contributed by atoms with van der Waals surface area (Å²) < 4.78 is 5.26. The lowest BCUT2D eigenvalue weighted by atomic mass is 10.1. The minimum atomic E-state index is 0.394. The van der Waals surface area contributed by atoms with Crippen LogP contribution in [0.3, 0.4) is 0 Å². The molecule has 0 aromatic heterocycles. The summed E-state index contributed by atoms with van der Waals surface area (Å²) >= 11 is 0. The predicted octanol–water partition coefficient (Wildman–Crippen LogP) is 4.71. The van der Waals surface area contributed by atoms with Crippen molar-refractivity contribution in [1.82, 2.24) is 5.32 Å². The maximum absolute atomic E-state index is 5.26. The molecule has 0 saturated carbocycles. The van der Waals surface area contributed by atoms with Gasteiger partial charge in [0, 0.05) is 6.04 Å². The highest BCUT2D eigenvalue weighted by Crippen LogP contribution is 2.18. The first-order valence-electron chi connectivity index (χ1n) is 7.65. The molecule has 19 heavy (non-hydrogen) atoms. The third kappa shape index (κ3) is 6.63. The van der Waals surface area contributed by atoms with Gasteiger partial charge in [0.2, 0.25) is 0 Å². The van der Waals surface area contributed by atoms with Crippen molar-refractivity contribution >= 4 is 0 Å². The van der Waals surface area contributed by atoms with Crippen LogP contribution in [0.15, 0.2) is 24.3 Å². The minimum Gasteiger partial charge on any atom is -0.497 e. The summed E-state index contributed by atoms with van der Waals surface area (Å²) in [7, 11) is 1.72. The van der Waals surface area contributed by atoms with Gasteiger partial charge in [-0.3, -0.25) is 0 Å². The fraction of sp³-hybridized carbons (Fsp3) is 0.647. The lowest BCUT2D eigenvalue weighted by Crippen LogP contribution is -2.19. The molecule has 108 valence electrons. The van der Waals surface area contributed by atoms with Gasteiger partial charge in [-0.25, -0.2) is 0 Å². The average Bonchev–Trinajstić information content (AvgIpc) is 2.46. The second-order valence-electron chi connectivity index (χ2n) is 5.22. The molecule has 1 aromatic rings. The molecular formula is C17H29NO. The predicted molar refractivity (Wildman–Crippen MR) is 82.8 cm³/mol. The summed E-state index contributed by atoms with van der Waals surface area (Å²) in [5, 5.41) is 3.59. The van der Waals surface area contributed by atoms with E-state index in [9.17, 15) is 0 Å². The summed E-state index contributed by atoms with van der Waals surface area (Å²) in [5.74, 6) is 0.936. The standard InChI is InChI=1S/C17H29NO/c1-4-5-6-7-8-9-13-18-15(2)16-11-10-12-17(14-16)19-3/h10-12,14-15,18H,4-9,13H2,1-3H3/t15-/m1/s1. The van der Waals surface area contributed by atoms with Crippen molar-refractivity contribution in [2.24, 2.45) is 0 Å². The van der Waals surface area contributed by atoms with Crippen molar-refractivity contribution in [3.05, 3.63) is 29.8 Å². The van der Waals surface area contributed by atoms with E-state index in [4.69, 9.17) is 4.74 Å². The molecule has 0 bridgehead atoms. The quantitative estimate of drug-likeness (QED) is 0.617. The smallest absolute Gasteiger partial charge is 0.119 e. The number of rotatable bonds is 10. The zero-order chi connectivity index (χ0) is 13.9. The molecule has 0 spiro atoms. The van der Waals surface area contributed by atoms with Crippen LogP contribution in [-0.2, 0) is 0 Å². The molecule has 0 aliphatic carbocycles. The molecular weight excluding hydrogens is 234 g/mol.